The first kappa shape index (κ1) is 15.3. The van der Waals surface area contributed by atoms with Crippen LogP contribution >= 0.6 is 0 Å². The van der Waals surface area contributed by atoms with E-state index < -0.39 is 0 Å². The van der Waals surface area contributed by atoms with E-state index in [2.05, 4.69) is 41.8 Å². The van der Waals surface area contributed by atoms with Crippen molar-refractivity contribution < 1.29 is 0 Å². The molecular weight excluding hydrogens is 292 g/mol. The highest BCUT2D eigenvalue weighted by molar-refractivity contribution is 5.55. The maximum Gasteiger partial charge on any atom is 0.0369 e. The molecule has 0 aromatic heterocycles. The van der Waals surface area contributed by atoms with E-state index in [0.29, 0.717) is 5.41 Å². The van der Waals surface area contributed by atoms with Gasteiger partial charge in [-0.05, 0) is 85.6 Å². The van der Waals surface area contributed by atoms with Gasteiger partial charge in [-0.2, -0.15) is 0 Å². The molecule has 2 aliphatic heterocycles. The van der Waals surface area contributed by atoms with Gasteiger partial charge in [0.15, 0.2) is 0 Å². The van der Waals surface area contributed by atoms with Crippen LogP contribution in [-0.4, -0.2) is 37.1 Å². The molecule has 0 amide bonds. The van der Waals surface area contributed by atoms with Gasteiger partial charge < -0.3 is 4.90 Å². The van der Waals surface area contributed by atoms with E-state index in [4.69, 9.17) is 0 Å². The molecule has 24 heavy (non-hydrogen) atoms. The Morgan fingerprint density at radius 3 is 2.67 bits per heavy atom. The Morgan fingerprint density at radius 2 is 1.92 bits per heavy atom. The Morgan fingerprint density at radius 1 is 1.12 bits per heavy atom. The lowest BCUT2D eigenvalue weighted by Gasteiger charge is -2.55. The third-order valence-corrected chi connectivity index (χ3v) is 7.77. The number of fused-ring (bicyclic) bond motifs is 4. The van der Waals surface area contributed by atoms with Gasteiger partial charge in [-0.25, -0.2) is 0 Å². The topological polar surface area (TPSA) is 6.48 Å². The molecule has 1 aromatic rings. The van der Waals surface area contributed by atoms with Crippen LogP contribution in [0.4, 0.5) is 5.69 Å². The Balaban J connectivity index is 1.48. The summed E-state index contributed by atoms with van der Waals surface area (Å²) >= 11 is 0. The maximum absolute atomic E-state index is 2.85. The third kappa shape index (κ3) is 2.33. The first-order chi connectivity index (χ1) is 11.6. The number of likely N-dealkylation sites (tertiary alicyclic amines) is 1. The molecule has 2 bridgehead atoms. The number of anilines is 1. The summed E-state index contributed by atoms with van der Waals surface area (Å²) in [6.07, 6.45) is 8.30. The molecule has 2 heterocycles. The van der Waals surface area contributed by atoms with Gasteiger partial charge in [0.05, 0.1) is 0 Å². The minimum Gasteiger partial charge on any atom is -0.372 e. The fourth-order valence-corrected chi connectivity index (χ4v) is 5.73. The SMILES string of the molecule is C[C@@H]1[C@@H]2Cc3ccc(N4CCCC4)cc3[C@@]1(C)CCN2CC1CC1. The van der Waals surface area contributed by atoms with Gasteiger partial charge in [0.1, 0.15) is 0 Å². The van der Waals surface area contributed by atoms with Crippen molar-refractivity contribution in [3.63, 3.8) is 0 Å². The molecule has 0 N–H and O–H groups in total. The standard InChI is InChI=1S/C22H32N2/c1-16-21-13-18-7-8-19(23-10-3-4-11-23)14-20(18)22(16,2)9-12-24(21)15-17-5-6-17/h7-8,14,16-17,21H,3-6,9-13,15H2,1-2H3/t16-,21+,22+/m1/s1. The molecule has 2 saturated heterocycles. The number of piperidine rings is 1. The Bertz CT molecular complexity index is 629. The van der Waals surface area contributed by atoms with E-state index >= 15 is 0 Å². The molecule has 0 unspecified atom stereocenters. The van der Waals surface area contributed by atoms with Crippen molar-refractivity contribution in [1.82, 2.24) is 4.90 Å². The zero-order valence-corrected chi connectivity index (χ0v) is 15.4. The molecule has 2 heteroatoms. The second-order valence-corrected chi connectivity index (χ2v) is 9.20. The predicted octanol–water partition coefficient (Wildman–Crippen LogP) is 4.22. The number of benzene rings is 1. The monoisotopic (exact) mass is 324 g/mol. The molecule has 0 radical (unpaired) electrons. The van der Waals surface area contributed by atoms with E-state index in [9.17, 15) is 0 Å². The molecule has 3 atom stereocenters. The summed E-state index contributed by atoms with van der Waals surface area (Å²) in [5.74, 6) is 1.80. The molecule has 1 saturated carbocycles. The van der Waals surface area contributed by atoms with E-state index in [0.717, 1.165) is 17.9 Å². The van der Waals surface area contributed by atoms with Crippen LogP contribution in [0.25, 0.3) is 0 Å². The third-order valence-electron chi connectivity index (χ3n) is 7.77. The molecule has 130 valence electrons. The van der Waals surface area contributed by atoms with Crippen LogP contribution in [0.1, 0.15) is 57.1 Å². The molecule has 3 fully saturated rings. The molecule has 4 aliphatic rings. The van der Waals surface area contributed by atoms with Crippen molar-refractivity contribution in [2.45, 2.75) is 63.8 Å². The fraction of sp³-hybridized carbons (Fsp3) is 0.727. The van der Waals surface area contributed by atoms with E-state index in [1.54, 1.807) is 11.1 Å². The quantitative estimate of drug-likeness (QED) is 0.821. The highest BCUT2D eigenvalue weighted by atomic mass is 15.2. The smallest absolute Gasteiger partial charge is 0.0369 e. The zero-order chi connectivity index (χ0) is 16.3. The minimum atomic E-state index is 0.383. The van der Waals surface area contributed by atoms with Crippen molar-refractivity contribution in [1.29, 1.82) is 0 Å². The molecule has 2 nitrogen and oxygen atoms in total. The molecular formula is C22H32N2. The van der Waals surface area contributed by atoms with E-state index in [-0.39, 0.29) is 0 Å². The van der Waals surface area contributed by atoms with Gasteiger partial charge in [0, 0.05) is 31.4 Å². The Labute approximate surface area is 147 Å². The summed E-state index contributed by atoms with van der Waals surface area (Å²) < 4.78 is 0. The molecule has 2 aliphatic carbocycles. The van der Waals surface area contributed by atoms with Crippen molar-refractivity contribution in [2.24, 2.45) is 11.8 Å². The van der Waals surface area contributed by atoms with Crippen LogP contribution in [0.2, 0.25) is 0 Å². The second kappa shape index (κ2) is 5.49. The Kier molecular flexibility index (Phi) is 3.49. The van der Waals surface area contributed by atoms with Gasteiger partial charge in [0.2, 0.25) is 0 Å². The normalized spacial score (nSPS) is 36.0. The van der Waals surface area contributed by atoms with Crippen LogP contribution in [0, 0.1) is 11.8 Å². The van der Waals surface area contributed by atoms with Crippen molar-refractivity contribution in [3.05, 3.63) is 29.3 Å². The first-order valence-corrected chi connectivity index (χ1v) is 10.3. The van der Waals surface area contributed by atoms with Gasteiger partial charge in [-0.15, -0.1) is 0 Å². The average molecular weight is 325 g/mol. The van der Waals surface area contributed by atoms with Crippen LogP contribution in [-0.2, 0) is 11.8 Å². The first-order valence-electron chi connectivity index (χ1n) is 10.3. The van der Waals surface area contributed by atoms with Crippen molar-refractivity contribution in [3.8, 4) is 0 Å². The van der Waals surface area contributed by atoms with Gasteiger partial charge in [-0.1, -0.05) is 19.9 Å². The highest BCUT2D eigenvalue weighted by Crippen LogP contribution is 2.50. The molecule has 1 aromatic carbocycles. The van der Waals surface area contributed by atoms with Crippen LogP contribution < -0.4 is 4.90 Å². The van der Waals surface area contributed by atoms with E-state index in [1.807, 2.05) is 0 Å². The van der Waals surface area contributed by atoms with Crippen molar-refractivity contribution in [2.75, 3.05) is 31.1 Å². The summed E-state index contributed by atoms with van der Waals surface area (Å²) in [5.41, 5.74) is 5.19. The lowest BCUT2D eigenvalue weighted by Crippen LogP contribution is -2.58. The number of hydrogen-bond donors (Lipinski definition) is 0. The molecule has 0 spiro atoms. The predicted molar refractivity (Wildman–Crippen MR) is 101 cm³/mol. The number of nitrogens with zero attached hydrogens (tertiary/aromatic N) is 2. The average Bonchev–Trinajstić information content (AvgIpc) is 3.23. The van der Waals surface area contributed by atoms with Crippen LogP contribution in [0.5, 0.6) is 0 Å². The van der Waals surface area contributed by atoms with Crippen LogP contribution in [0.3, 0.4) is 0 Å². The van der Waals surface area contributed by atoms with Gasteiger partial charge >= 0.3 is 0 Å². The van der Waals surface area contributed by atoms with Gasteiger partial charge in [0.25, 0.3) is 0 Å². The van der Waals surface area contributed by atoms with Crippen molar-refractivity contribution >= 4 is 5.69 Å². The highest BCUT2D eigenvalue weighted by Gasteiger charge is 2.49. The number of hydrogen-bond acceptors (Lipinski definition) is 2. The second-order valence-electron chi connectivity index (χ2n) is 9.20. The van der Waals surface area contributed by atoms with Crippen LogP contribution in [0.15, 0.2) is 18.2 Å². The lowest BCUT2D eigenvalue weighted by molar-refractivity contribution is 0.0284. The summed E-state index contributed by atoms with van der Waals surface area (Å²) in [6, 6.07) is 8.23. The number of rotatable bonds is 3. The summed E-state index contributed by atoms with van der Waals surface area (Å²) in [4.78, 5) is 5.45. The summed E-state index contributed by atoms with van der Waals surface area (Å²) in [7, 11) is 0. The summed E-state index contributed by atoms with van der Waals surface area (Å²) in [5, 5.41) is 0. The lowest BCUT2D eigenvalue weighted by atomic mass is 9.59. The zero-order valence-electron chi connectivity index (χ0n) is 15.4. The maximum atomic E-state index is 2.85. The molecule has 5 rings (SSSR count). The van der Waals surface area contributed by atoms with E-state index in [1.165, 1.54) is 70.4 Å². The Hall–Kier alpha value is -1.02. The fourth-order valence-electron chi connectivity index (χ4n) is 5.73. The van der Waals surface area contributed by atoms with Gasteiger partial charge in [-0.3, -0.25) is 4.90 Å². The summed E-state index contributed by atoms with van der Waals surface area (Å²) in [6.45, 7) is 10.3. The minimum absolute atomic E-state index is 0.383. The largest absolute Gasteiger partial charge is 0.372 e.